The lowest BCUT2D eigenvalue weighted by molar-refractivity contribution is -0.137. The van der Waals surface area contributed by atoms with Crippen LogP contribution >= 0.6 is 0 Å². The van der Waals surface area contributed by atoms with Crippen molar-refractivity contribution in [2.45, 2.75) is 6.18 Å². The molecule has 0 saturated carbocycles. The summed E-state index contributed by atoms with van der Waals surface area (Å²) in [6.07, 6.45) is -4.91. The van der Waals surface area contributed by atoms with Crippen molar-refractivity contribution >= 4 is 43.6 Å². The fraction of sp³-hybridized carbons (Fsp3) is 0.00952. The molecule has 0 bridgehead atoms. The number of alkyl halides is 3. The standard InChI is InChI=1S/C105H61F3N16/c106-105(107,108)87-55-64(62-109)41-49-80(87)73-43-50-90(124-91-53-46-76(103-119-97(69-33-17-5-18-34-69)113-98(120-103)70-35-19-6-20-36-70)59-85(91)86-60-77(47-54-92(86)124)104-121-99(71-37-21-7-22-38-71)114-100(122-104)72-39-23-8-24-40-72)82(56-73)81-61-79(48-42-78(81)63-110)123-88-51-44-74(101-115-93(65-25-9-1-10-26-65)111-94(116-101)66-27-11-2-12-28-66)57-83(88)84-58-75(45-52-89(84)123)102-117-95(67-29-13-3-14-30-67)112-96(118-102)68-31-15-4-16-32-68/h1-61H. The average Bonchev–Trinajstić information content (AvgIpc) is 1.56. The van der Waals surface area contributed by atoms with E-state index in [0.29, 0.717) is 126 Å². The molecule has 0 saturated heterocycles. The van der Waals surface area contributed by atoms with Crippen LogP contribution in [0.2, 0.25) is 0 Å². The Morgan fingerprint density at radius 3 is 0.766 bits per heavy atom. The van der Waals surface area contributed by atoms with E-state index in [1.54, 1.807) is 24.3 Å². The number of aromatic nitrogens is 14. The molecule has 19 heteroatoms. The van der Waals surface area contributed by atoms with Gasteiger partial charge in [0.25, 0.3) is 0 Å². The van der Waals surface area contributed by atoms with Crippen molar-refractivity contribution in [3.05, 3.63) is 387 Å². The van der Waals surface area contributed by atoms with E-state index in [2.05, 4.69) is 27.3 Å². The lowest BCUT2D eigenvalue weighted by Gasteiger charge is -2.20. The highest BCUT2D eigenvalue weighted by Gasteiger charge is 2.35. The van der Waals surface area contributed by atoms with Crippen LogP contribution in [-0.4, -0.2) is 68.9 Å². The van der Waals surface area contributed by atoms with E-state index >= 15 is 13.2 Å². The van der Waals surface area contributed by atoms with E-state index in [1.807, 2.05) is 322 Å². The van der Waals surface area contributed by atoms with Crippen LogP contribution in [0.15, 0.2) is 370 Å². The predicted molar refractivity (Wildman–Crippen MR) is 479 cm³/mol. The van der Waals surface area contributed by atoms with Crippen LogP contribution in [0.4, 0.5) is 13.2 Å². The van der Waals surface area contributed by atoms with E-state index in [9.17, 15) is 10.5 Å². The molecule has 21 rings (SSSR count). The number of benzene rings is 15. The van der Waals surface area contributed by atoms with Gasteiger partial charge in [-0.2, -0.15) is 23.7 Å². The molecule has 21 aromatic rings. The van der Waals surface area contributed by atoms with Crippen LogP contribution in [-0.2, 0) is 6.18 Å². The Bertz CT molecular complexity index is 7240. The minimum Gasteiger partial charge on any atom is -0.309 e. The van der Waals surface area contributed by atoms with Crippen molar-refractivity contribution < 1.29 is 13.2 Å². The summed E-state index contributed by atoms with van der Waals surface area (Å²) in [6, 6.07) is 121. The van der Waals surface area contributed by atoms with Gasteiger partial charge >= 0.3 is 6.18 Å². The van der Waals surface area contributed by atoms with Crippen molar-refractivity contribution in [1.82, 2.24) is 68.9 Å². The van der Waals surface area contributed by atoms with E-state index in [4.69, 9.17) is 59.8 Å². The molecule has 0 N–H and O–H groups in total. The number of fused-ring (bicyclic) bond motifs is 6. The Hall–Kier alpha value is -17.3. The Kier molecular flexibility index (Phi) is 18.7. The monoisotopic (exact) mass is 1600 g/mol. The van der Waals surface area contributed by atoms with Gasteiger partial charge in [-0.05, 0) is 126 Å². The van der Waals surface area contributed by atoms with E-state index in [-0.39, 0.29) is 22.3 Å². The number of nitriles is 2. The molecule has 0 fully saturated rings. The maximum absolute atomic E-state index is 15.8. The third-order valence-electron chi connectivity index (χ3n) is 22.0. The molecule has 6 aromatic heterocycles. The number of rotatable bonds is 16. The SMILES string of the molecule is N#Cc1ccc(-c2ccc(-n3c4ccc(-c5nc(-c6ccccc6)nc(-c6ccccc6)n5)cc4c4cc(-c5nc(-c6ccccc6)nc(-c6ccccc6)n5)ccc43)c(-c3cc(-n4c5ccc(-c6nc(-c7ccccc7)nc(-c7ccccc7)n6)cc5c5cc(-c6nc(-c7ccccc7)nc(-c7ccccc7)n6)ccc54)ccc3C#N)c2)c(C(F)(F)F)c1. The molecule has 124 heavy (non-hydrogen) atoms. The molecular formula is C105H61F3N16. The molecule has 0 aliphatic carbocycles. The Morgan fingerprint density at radius 2 is 0.492 bits per heavy atom. The first-order valence-corrected chi connectivity index (χ1v) is 39.9. The van der Waals surface area contributed by atoms with Crippen LogP contribution in [0, 0.1) is 22.7 Å². The highest BCUT2D eigenvalue weighted by atomic mass is 19.4. The fourth-order valence-electron chi connectivity index (χ4n) is 16.1. The smallest absolute Gasteiger partial charge is 0.309 e. The van der Waals surface area contributed by atoms with Gasteiger partial charge < -0.3 is 9.13 Å². The van der Waals surface area contributed by atoms with Crippen molar-refractivity contribution in [3.63, 3.8) is 0 Å². The van der Waals surface area contributed by atoms with Gasteiger partial charge in [0.05, 0.1) is 56.6 Å². The van der Waals surface area contributed by atoms with Crippen LogP contribution in [0.3, 0.4) is 0 Å². The van der Waals surface area contributed by atoms with Crippen LogP contribution in [0.5, 0.6) is 0 Å². The topological polar surface area (TPSA) is 212 Å². The van der Waals surface area contributed by atoms with Crippen molar-refractivity contribution in [3.8, 4) is 182 Å². The first kappa shape index (κ1) is 74.3. The highest BCUT2D eigenvalue weighted by Crippen LogP contribution is 2.47. The minimum atomic E-state index is -4.91. The maximum atomic E-state index is 15.8. The highest BCUT2D eigenvalue weighted by molar-refractivity contribution is 6.14. The first-order valence-electron chi connectivity index (χ1n) is 39.9. The Balaban J connectivity index is 0.813. The zero-order valence-electron chi connectivity index (χ0n) is 65.5. The molecule has 582 valence electrons. The summed E-state index contributed by atoms with van der Waals surface area (Å²) in [5.74, 6) is 5.40. The Labute approximate surface area is 707 Å². The summed E-state index contributed by atoms with van der Waals surface area (Å²) in [5, 5.41) is 24.9. The number of halogens is 3. The molecule has 0 amide bonds. The van der Waals surface area contributed by atoms with Crippen LogP contribution < -0.4 is 0 Å². The molecule has 0 radical (unpaired) electrons. The molecule has 0 aliphatic heterocycles. The second-order valence-electron chi connectivity index (χ2n) is 29.7. The maximum Gasteiger partial charge on any atom is 0.417 e. The van der Waals surface area contributed by atoms with Crippen molar-refractivity contribution in [2.24, 2.45) is 0 Å². The van der Waals surface area contributed by atoms with Crippen molar-refractivity contribution in [1.29, 1.82) is 10.5 Å². The van der Waals surface area contributed by atoms with Gasteiger partial charge in [-0.25, -0.2) is 59.8 Å². The minimum absolute atomic E-state index is 0.164. The number of nitrogens with zero attached hydrogens (tertiary/aromatic N) is 16. The second-order valence-corrected chi connectivity index (χ2v) is 29.7. The van der Waals surface area contributed by atoms with E-state index < -0.39 is 11.7 Å². The van der Waals surface area contributed by atoms with E-state index in [1.165, 1.54) is 12.1 Å². The largest absolute Gasteiger partial charge is 0.417 e. The normalized spacial score (nSPS) is 11.5. The molecule has 0 aliphatic rings. The van der Waals surface area contributed by atoms with Crippen LogP contribution in [0.25, 0.3) is 214 Å². The van der Waals surface area contributed by atoms with Gasteiger partial charge in [0.1, 0.15) is 0 Å². The summed E-state index contributed by atoms with van der Waals surface area (Å²) >= 11 is 0. The van der Waals surface area contributed by atoms with Gasteiger partial charge in [-0.1, -0.05) is 255 Å². The lowest BCUT2D eigenvalue weighted by atomic mass is 9.91. The van der Waals surface area contributed by atoms with Gasteiger partial charge in [0.2, 0.25) is 0 Å². The molecule has 0 unspecified atom stereocenters. The van der Waals surface area contributed by atoms with Gasteiger partial charge in [0.15, 0.2) is 69.9 Å². The van der Waals surface area contributed by atoms with Crippen molar-refractivity contribution in [2.75, 3.05) is 0 Å². The van der Waals surface area contributed by atoms with Gasteiger partial charge in [0, 0.05) is 105 Å². The Morgan fingerprint density at radius 1 is 0.218 bits per heavy atom. The summed E-state index contributed by atoms with van der Waals surface area (Å²) in [4.78, 5) is 61.7. The number of hydrogen-bond donors (Lipinski definition) is 0. The molecule has 15 aromatic carbocycles. The number of hydrogen-bond acceptors (Lipinski definition) is 14. The average molecular weight is 1600 g/mol. The summed E-state index contributed by atoms with van der Waals surface area (Å²) < 4.78 is 51.7. The molecule has 6 heterocycles. The zero-order chi connectivity index (χ0) is 83.4. The summed E-state index contributed by atoms with van der Waals surface area (Å²) in [6.45, 7) is 0. The quantitative estimate of drug-likeness (QED) is 0.0881. The fourth-order valence-corrected chi connectivity index (χ4v) is 16.1. The molecule has 16 nitrogen and oxygen atoms in total. The molecule has 0 atom stereocenters. The van der Waals surface area contributed by atoms with Crippen LogP contribution in [0.1, 0.15) is 16.7 Å². The van der Waals surface area contributed by atoms with Gasteiger partial charge in [-0.15, -0.1) is 0 Å². The molecule has 0 spiro atoms. The third kappa shape index (κ3) is 14.0. The third-order valence-corrected chi connectivity index (χ3v) is 22.0. The molecular weight excluding hydrogens is 1540 g/mol. The lowest BCUT2D eigenvalue weighted by Crippen LogP contribution is -2.08. The second kappa shape index (κ2) is 31.2. The van der Waals surface area contributed by atoms with E-state index in [0.717, 1.165) is 83.2 Å². The van der Waals surface area contributed by atoms with Gasteiger partial charge in [-0.3, -0.25) is 0 Å². The predicted octanol–water partition coefficient (Wildman–Crippen LogP) is 24.7. The first-order chi connectivity index (χ1) is 60.9. The zero-order valence-corrected chi connectivity index (χ0v) is 65.5. The summed E-state index contributed by atoms with van der Waals surface area (Å²) in [7, 11) is 0. The summed E-state index contributed by atoms with van der Waals surface area (Å²) in [5.41, 5.74) is 12.7.